The Hall–Kier alpha value is -3.37. The molecular weight excluding hydrogens is 469 g/mol. The SMILES string of the molecule is CC#CCN1C(=O)NC(CCc2ccccc2)(C2CCN(C(=O)c3cccc(Cl)c3F)CC2)C1=O. The highest BCUT2D eigenvalue weighted by Gasteiger charge is 2.55. The third-order valence-corrected chi connectivity index (χ3v) is 7.22. The van der Waals surface area contributed by atoms with Crippen LogP contribution in [-0.2, 0) is 11.2 Å². The Labute approximate surface area is 209 Å². The lowest BCUT2D eigenvalue weighted by Gasteiger charge is -2.41. The highest BCUT2D eigenvalue weighted by Crippen LogP contribution is 2.37. The molecule has 2 aliphatic rings. The summed E-state index contributed by atoms with van der Waals surface area (Å²) in [6.07, 6.45) is 2.07. The van der Waals surface area contributed by atoms with Crippen molar-refractivity contribution in [1.82, 2.24) is 15.1 Å². The van der Waals surface area contributed by atoms with E-state index in [2.05, 4.69) is 17.2 Å². The Balaban J connectivity index is 1.54. The monoisotopic (exact) mass is 495 g/mol. The Morgan fingerprint density at radius 2 is 1.86 bits per heavy atom. The topological polar surface area (TPSA) is 69.7 Å². The standard InChI is InChI=1S/C27H27ClFN3O3/c1-2-3-16-32-25(34)27(30-26(32)35,15-12-19-8-5-4-6-9-19)20-13-17-31(18-14-20)24(33)21-10-7-11-22(28)23(21)29/h4-11,20H,12-18H2,1H3,(H,30,35). The molecule has 1 unspecified atom stereocenters. The van der Waals surface area contributed by atoms with Crippen molar-refractivity contribution < 1.29 is 18.8 Å². The minimum Gasteiger partial charge on any atom is -0.339 e. The minimum absolute atomic E-state index is 0.0413. The van der Waals surface area contributed by atoms with Crippen LogP contribution in [0.5, 0.6) is 0 Å². The molecule has 2 fully saturated rings. The average Bonchev–Trinajstić information content (AvgIpc) is 3.13. The average molecular weight is 496 g/mol. The number of carbonyl (C=O) groups excluding carboxylic acids is 3. The number of carbonyl (C=O) groups is 3. The van der Waals surface area contributed by atoms with Crippen LogP contribution in [0.3, 0.4) is 0 Å². The number of urea groups is 1. The molecule has 6 nitrogen and oxygen atoms in total. The van der Waals surface area contributed by atoms with Gasteiger partial charge >= 0.3 is 6.03 Å². The summed E-state index contributed by atoms with van der Waals surface area (Å²) in [6, 6.07) is 13.7. The van der Waals surface area contributed by atoms with Crippen molar-refractivity contribution in [1.29, 1.82) is 0 Å². The number of rotatable bonds is 6. The molecule has 0 radical (unpaired) electrons. The van der Waals surface area contributed by atoms with E-state index in [4.69, 9.17) is 11.6 Å². The number of hydrogen-bond donors (Lipinski definition) is 1. The maximum absolute atomic E-state index is 14.4. The highest BCUT2D eigenvalue weighted by molar-refractivity contribution is 6.31. The van der Waals surface area contributed by atoms with E-state index < -0.39 is 23.3 Å². The van der Waals surface area contributed by atoms with Crippen LogP contribution in [0.15, 0.2) is 48.5 Å². The number of benzene rings is 2. The predicted octanol–water partition coefficient (Wildman–Crippen LogP) is 4.28. The summed E-state index contributed by atoms with van der Waals surface area (Å²) < 4.78 is 14.4. The Morgan fingerprint density at radius 3 is 2.54 bits per heavy atom. The van der Waals surface area contributed by atoms with E-state index in [0.717, 1.165) is 5.56 Å². The van der Waals surface area contributed by atoms with Gasteiger partial charge in [-0.3, -0.25) is 14.5 Å². The molecule has 1 atom stereocenters. The first-order valence-corrected chi connectivity index (χ1v) is 12.1. The third kappa shape index (κ3) is 4.89. The number of halogens is 2. The summed E-state index contributed by atoms with van der Waals surface area (Å²) in [7, 11) is 0. The van der Waals surface area contributed by atoms with E-state index in [9.17, 15) is 18.8 Å². The summed E-state index contributed by atoms with van der Waals surface area (Å²) in [5.74, 6) is 3.95. The Kier molecular flexibility index (Phi) is 7.42. The van der Waals surface area contributed by atoms with Crippen molar-refractivity contribution in [3.63, 3.8) is 0 Å². The van der Waals surface area contributed by atoms with Crippen LogP contribution in [0.1, 0.15) is 42.1 Å². The summed E-state index contributed by atoms with van der Waals surface area (Å²) in [4.78, 5) is 42.1. The number of amides is 4. The van der Waals surface area contributed by atoms with E-state index in [-0.39, 0.29) is 29.0 Å². The number of imide groups is 1. The number of nitrogens with one attached hydrogen (secondary N) is 1. The molecule has 0 aromatic heterocycles. The maximum atomic E-state index is 14.4. The van der Waals surface area contributed by atoms with Crippen molar-refractivity contribution in [2.24, 2.45) is 5.92 Å². The molecule has 8 heteroatoms. The second kappa shape index (κ2) is 10.5. The third-order valence-electron chi connectivity index (χ3n) is 6.93. The molecule has 4 rings (SSSR count). The lowest BCUT2D eigenvalue weighted by Crippen LogP contribution is -2.57. The molecule has 1 N–H and O–H groups in total. The molecule has 0 bridgehead atoms. The van der Waals surface area contributed by atoms with Gasteiger partial charge < -0.3 is 10.2 Å². The van der Waals surface area contributed by atoms with Crippen LogP contribution in [0.25, 0.3) is 0 Å². The van der Waals surface area contributed by atoms with Crippen LogP contribution in [0.4, 0.5) is 9.18 Å². The molecule has 2 aromatic carbocycles. The molecule has 0 saturated carbocycles. The molecule has 182 valence electrons. The lowest BCUT2D eigenvalue weighted by atomic mass is 9.74. The number of likely N-dealkylation sites (tertiary alicyclic amines) is 1. The molecule has 4 amide bonds. The second-order valence-corrected chi connectivity index (χ2v) is 9.28. The van der Waals surface area contributed by atoms with Gasteiger partial charge in [-0.2, -0.15) is 0 Å². The molecule has 2 aromatic rings. The molecule has 0 aliphatic carbocycles. The van der Waals surface area contributed by atoms with Crippen molar-refractivity contribution in [3.05, 3.63) is 70.5 Å². The van der Waals surface area contributed by atoms with Gasteiger partial charge in [0.05, 0.1) is 17.1 Å². The van der Waals surface area contributed by atoms with Gasteiger partial charge in [0.2, 0.25) is 0 Å². The van der Waals surface area contributed by atoms with Gasteiger partial charge in [-0.05, 0) is 56.2 Å². The van der Waals surface area contributed by atoms with E-state index in [1.165, 1.54) is 17.0 Å². The van der Waals surface area contributed by atoms with E-state index in [0.29, 0.717) is 38.8 Å². The Morgan fingerprint density at radius 1 is 1.14 bits per heavy atom. The molecule has 0 spiro atoms. The van der Waals surface area contributed by atoms with E-state index in [1.54, 1.807) is 17.9 Å². The van der Waals surface area contributed by atoms with Gasteiger partial charge in [-0.25, -0.2) is 9.18 Å². The minimum atomic E-state index is -1.07. The van der Waals surface area contributed by atoms with Gasteiger partial charge in [0.25, 0.3) is 11.8 Å². The summed E-state index contributed by atoms with van der Waals surface area (Å²) in [5.41, 5.74) is -0.0622. The molecule has 2 heterocycles. The first-order chi connectivity index (χ1) is 16.9. The normalized spacial score (nSPS) is 20.4. The van der Waals surface area contributed by atoms with Crippen molar-refractivity contribution >= 4 is 29.4 Å². The number of aryl methyl sites for hydroxylation is 1. The highest BCUT2D eigenvalue weighted by atomic mass is 35.5. The molecule has 2 aliphatic heterocycles. The fraction of sp³-hybridized carbons (Fsp3) is 0.370. The zero-order valence-electron chi connectivity index (χ0n) is 19.5. The molecular formula is C27H27ClFN3O3. The maximum Gasteiger partial charge on any atom is 0.325 e. The van der Waals surface area contributed by atoms with Crippen LogP contribution >= 0.6 is 11.6 Å². The quantitative estimate of drug-likeness (QED) is 0.480. The van der Waals surface area contributed by atoms with Crippen LogP contribution in [-0.4, -0.2) is 52.8 Å². The van der Waals surface area contributed by atoms with Crippen LogP contribution in [0, 0.1) is 23.6 Å². The number of nitrogens with zero attached hydrogens (tertiary/aromatic N) is 2. The van der Waals surface area contributed by atoms with Crippen LogP contribution in [0.2, 0.25) is 5.02 Å². The lowest BCUT2D eigenvalue weighted by molar-refractivity contribution is -0.133. The zero-order chi connectivity index (χ0) is 25.0. The molecule has 2 saturated heterocycles. The number of piperidine rings is 1. The van der Waals surface area contributed by atoms with E-state index >= 15 is 0 Å². The Bertz CT molecular complexity index is 1190. The number of hydrogen-bond acceptors (Lipinski definition) is 3. The van der Waals surface area contributed by atoms with Crippen molar-refractivity contribution in [2.75, 3.05) is 19.6 Å². The van der Waals surface area contributed by atoms with Crippen LogP contribution < -0.4 is 5.32 Å². The van der Waals surface area contributed by atoms with Gasteiger partial charge in [0.1, 0.15) is 5.54 Å². The summed E-state index contributed by atoms with van der Waals surface area (Å²) in [6.45, 7) is 2.40. The van der Waals surface area contributed by atoms with Gasteiger partial charge in [-0.15, -0.1) is 5.92 Å². The van der Waals surface area contributed by atoms with Gasteiger partial charge in [0.15, 0.2) is 5.82 Å². The second-order valence-electron chi connectivity index (χ2n) is 8.87. The largest absolute Gasteiger partial charge is 0.339 e. The zero-order valence-corrected chi connectivity index (χ0v) is 20.3. The van der Waals surface area contributed by atoms with Gasteiger partial charge in [-0.1, -0.05) is 53.9 Å². The van der Waals surface area contributed by atoms with Crippen molar-refractivity contribution in [2.45, 2.75) is 38.1 Å². The van der Waals surface area contributed by atoms with Crippen molar-refractivity contribution in [3.8, 4) is 11.8 Å². The first-order valence-electron chi connectivity index (χ1n) is 11.7. The fourth-order valence-electron chi connectivity index (χ4n) is 5.00. The predicted molar refractivity (Wildman–Crippen MR) is 131 cm³/mol. The van der Waals surface area contributed by atoms with E-state index in [1.807, 2.05) is 30.3 Å². The smallest absolute Gasteiger partial charge is 0.325 e. The fourth-order valence-corrected chi connectivity index (χ4v) is 5.17. The first kappa shape index (κ1) is 24.7. The van der Waals surface area contributed by atoms with Gasteiger partial charge in [0, 0.05) is 13.1 Å². The summed E-state index contributed by atoms with van der Waals surface area (Å²) in [5, 5.41) is 2.90. The summed E-state index contributed by atoms with van der Waals surface area (Å²) >= 11 is 5.85. The molecule has 35 heavy (non-hydrogen) atoms.